The first-order valence-electron chi connectivity index (χ1n) is 8.36. The minimum Gasteiger partial charge on any atom is -0.322 e. The number of halogens is 2. The number of nitrogens with one attached hydrogen (secondary N) is 1. The molecule has 1 saturated heterocycles. The summed E-state index contributed by atoms with van der Waals surface area (Å²) >= 11 is 0. The molecule has 1 heterocycles. The summed E-state index contributed by atoms with van der Waals surface area (Å²) in [6.07, 6.45) is 3.41. The van der Waals surface area contributed by atoms with Crippen molar-refractivity contribution in [1.29, 1.82) is 0 Å². The Morgan fingerprint density at radius 2 is 2.08 bits per heavy atom. The molecule has 1 aliphatic heterocycles. The summed E-state index contributed by atoms with van der Waals surface area (Å²) in [6.45, 7) is 13.3. The molecule has 1 saturated carbocycles. The largest absolute Gasteiger partial charge is 0.322 e. The van der Waals surface area contributed by atoms with Crippen LogP contribution in [-0.4, -0.2) is 17.1 Å². The van der Waals surface area contributed by atoms with Gasteiger partial charge in [-0.15, -0.1) is 0 Å². The molecular formula is C20H24F2N2. The van der Waals surface area contributed by atoms with Crippen molar-refractivity contribution in [2.45, 2.75) is 45.1 Å². The van der Waals surface area contributed by atoms with Crippen LogP contribution in [0.4, 0.5) is 8.78 Å². The monoisotopic (exact) mass is 330 g/mol. The van der Waals surface area contributed by atoms with Gasteiger partial charge in [0.15, 0.2) is 11.6 Å². The first-order valence-corrected chi connectivity index (χ1v) is 8.36. The molecule has 1 aromatic rings. The lowest BCUT2D eigenvalue weighted by Gasteiger charge is -2.37. The van der Waals surface area contributed by atoms with Crippen LogP contribution in [0, 0.1) is 11.6 Å². The molecule has 0 amide bonds. The molecule has 128 valence electrons. The van der Waals surface area contributed by atoms with E-state index in [1.807, 2.05) is 0 Å². The Morgan fingerprint density at radius 3 is 2.75 bits per heavy atom. The summed E-state index contributed by atoms with van der Waals surface area (Å²) in [4.78, 5) is 0. The lowest BCUT2D eigenvalue weighted by atomic mass is 9.90. The molecule has 24 heavy (non-hydrogen) atoms. The van der Waals surface area contributed by atoms with E-state index in [0.29, 0.717) is 11.3 Å². The van der Waals surface area contributed by atoms with Gasteiger partial charge in [0.25, 0.3) is 0 Å². The second kappa shape index (κ2) is 6.17. The van der Waals surface area contributed by atoms with E-state index < -0.39 is 11.6 Å². The van der Waals surface area contributed by atoms with Gasteiger partial charge in [0.05, 0.1) is 5.54 Å². The smallest absolute Gasteiger partial charge is 0.162 e. The van der Waals surface area contributed by atoms with Crippen molar-refractivity contribution in [3.05, 3.63) is 71.0 Å². The normalized spacial score (nSPS) is 25.8. The molecule has 0 radical (unpaired) electrons. The summed E-state index contributed by atoms with van der Waals surface area (Å²) in [5.41, 5.74) is 8.17. The molecule has 2 nitrogen and oxygen atoms in total. The first kappa shape index (κ1) is 16.9. The molecule has 1 aromatic carbocycles. The van der Waals surface area contributed by atoms with E-state index in [2.05, 4.69) is 37.4 Å². The predicted octanol–water partition coefficient (Wildman–Crippen LogP) is 4.66. The Morgan fingerprint density at radius 1 is 1.38 bits per heavy atom. The summed E-state index contributed by atoms with van der Waals surface area (Å²) in [5.74, 6) is -1.61. The van der Waals surface area contributed by atoms with Crippen LogP contribution in [0.25, 0.3) is 0 Å². The average molecular weight is 330 g/mol. The highest BCUT2D eigenvalue weighted by Gasteiger charge is 2.41. The Kier molecular flexibility index (Phi) is 4.35. The van der Waals surface area contributed by atoms with Gasteiger partial charge in [0, 0.05) is 18.7 Å². The topological polar surface area (TPSA) is 15.3 Å². The summed E-state index contributed by atoms with van der Waals surface area (Å²) < 4.78 is 27.2. The zero-order chi connectivity index (χ0) is 17.5. The first-order chi connectivity index (χ1) is 11.3. The Bertz CT molecular complexity index is 735. The predicted molar refractivity (Wildman–Crippen MR) is 93.1 cm³/mol. The van der Waals surface area contributed by atoms with Crippen molar-refractivity contribution >= 4 is 0 Å². The van der Waals surface area contributed by atoms with E-state index in [9.17, 15) is 8.78 Å². The van der Waals surface area contributed by atoms with Crippen LogP contribution in [0.15, 0.2) is 53.8 Å². The van der Waals surface area contributed by atoms with Crippen LogP contribution in [0.1, 0.15) is 38.7 Å². The van der Waals surface area contributed by atoms with Crippen LogP contribution >= 0.6 is 0 Å². The molecule has 2 fully saturated rings. The van der Waals surface area contributed by atoms with Crippen molar-refractivity contribution in [2.75, 3.05) is 6.54 Å². The van der Waals surface area contributed by atoms with E-state index in [1.54, 1.807) is 6.07 Å². The maximum Gasteiger partial charge on any atom is 0.162 e. The quantitative estimate of drug-likeness (QED) is 0.845. The van der Waals surface area contributed by atoms with Gasteiger partial charge in [-0.1, -0.05) is 25.3 Å². The van der Waals surface area contributed by atoms with Gasteiger partial charge in [-0.3, -0.25) is 0 Å². The van der Waals surface area contributed by atoms with Gasteiger partial charge in [0.2, 0.25) is 0 Å². The van der Waals surface area contributed by atoms with E-state index in [0.717, 1.165) is 31.9 Å². The summed E-state index contributed by atoms with van der Waals surface area (Å²) in [5, 5.41) is 2.18. The van der Waals surface area contributed by atoms with Gasteiger partial charge in [-0.2, -0.15) is 0 Å². The minimum absolute atomic E-state index is 0.0851. The summed E-state index contributed by atoms with van der Waals surface area (Å²) in [7, 11) is 0. The molecule has 1 atom stereocenters. The van der Waals surface area contributed by atoms with Gasteiger partial charge >= 0.3 is 0 Å². The second-order valence-electron chi connectivity index (χ2n) is 7.02. The Labute approximate surface area is 142 Å². The number of hydrazine groups is 1. The van der Waals surface area contributed by atoms with Crippen molar-refractivity contribution in [1.82, 2.24) is 10.4 Å². The maximum absolute atomic E-state index is 13.8. The molecule has 3 rings (SSSR count). The number of hydrogen-bond acceptors (Lipinski definition) is 2. The van der Waals surface area contributed by atoms with E-state index >= 15 is 0 Å². The Balaban J connectivity index is 1.72. The van der Waals surface area contributed by atoms with Crippen LogP contribution in [-0.2, 0) is 6.42 Å². The second-order valence-corrected chi connectivity index (χ2v) is 7.02. The van der Waals surface area contributed by atoms with Gasteiger partial charge in [0.1, 0.15) is 0 Å². The van der Waals surface area contributed by atoms with E-state index in [1.165, 1.54) is 22.8 Å². The number of nitrogens with zero attached hydrogens (tertiary/aromatic N) is 1. The van der Waals surface area contributed by atoms with Gasteiger partial charge in [-0.05, 0) is 61.5 Å². The molecule has 1 unspecified atom stereocenters. The molecule has 1 aliphatic carbocycles. The minimum atomic E-state index is -0.820. The zero-order valence-corrected chi connectivity index (χ0v) is 14.4. The van der Waals surface area contributed by atoms with Crippen molar-refractivity contribution in [3.63, 3.8) is 0 Å². The van der Waals surface area contributed by atoms with E-state index in [4.69, 9.17) is 0 Å². The molecule has 4 heteroatoms. The third-order valence-electron chi connectivity index (χ3n) is 5.32. The molecule has 0 spiro atoms. The Hall–Kier alpha value is -1.94. The number of allylic oxidation sites excluding steroid dienone is 3. The highest BCUT2D eigenvalue weighted by Crippen LogP contribution is 2.45. The average Bonchev–Trinajstić information content (AvgIpc) is 3.15. The molecule has 0 bridgehead atoms. The van der Waals surface area contributed by atoms with Crippen LogP contribution < -0.4 is 5.43 Å². The van der Waals surface area contributed by atoms with Gasteiger partial charge < -0.3 is 5.43 Å². The number of rotatable bonds is 5. The third-order valence-corrected chi connectivity index (χ3v) is 5.32. The fraction of sp³-hybridized carbons (Fsp3) is 0.400. The zero-order valence-electron chi connectivity index (χ0n) is 14.4. The SMILES string of the molecule is C=C(Cc1cccc(F)c1F)NN1CCCC1(C)/C(C)=C1\CC1=C. The highest BCUT2D eigenvalue weighted by atomic mass is 19.2. The fourth-order valence-corrected chi connectivity index (χ4v) is 3.57. The van der Waals surface area contributed by atoms with Crippen LogP contribution in [0.5, 0.6) is 0 Å². The van der Waals surface area contributed by atoms with Crippen LogP contribution in [0.3, 0.4) is 0 Å². The fourth-order valence-electron chi connectivity index (χ4n) is 3.57. The standard InChI is InChI=1S/C20H24F2N2/c1-13-11-17(13)15(3)20(4)9-6-10-24(20)23-14(2)12-16-7-5-8-18(21)19(16)22/h5,7-8,23H,1-2,6,9-12H2,3-4H3/b17-15+. The molecular weight excluding hydrogens is 306 g/mol. The lowest BCUT2D eigenvalue weighted by Crippen LogP contribution is -2.50. The highest BCUT2D eigenvalue weighted by molar-refractivity contribution is 5.53. The van der Waals surface area contributed by atoms with Crippen molar-refractivity contribution < 1.29 is 8.78 Å². The van der Waals surface area contributed by atoms with Crippen LogP contribution in [0.2, 0.25) is 0 Å². The molecule has 0 aromatic heterocycles. The molecule has 1 N–H and O–H groups in total. The maximum atomic E-state index is 13.8. The van der Waals surface area contributed by atoms with Gasteiger partial charge in [-0.25, -0.2) is 13.8 Å². The molecule has 2 aliphatic rings. The summed E-state index contributed by atoms with van der Waals surface area (Å²) in [6, 6.07) is 4.24. The number of hydrogen-bond donors (Lipinski definition) is 1. The number of benzene rings is 1. The van der Waals surface area contributed by atoms with Crippen molar-refractivity contribution in [3.8, 4) is 0 Å². The van der Waals surface area contributed by atoms with E-state index in [-0.39, 0.29) is 12.0 Å². The lowest BCUT2D eigenvalue weighted by molar-refractivity contribution is 0.137. The van der Waals surface area contributed by atoms with Crippen molar-refractivity contribution in [2.24, 2.45) is 0 Å². The third kappa shape index (κ3) is 3.03.